The fourth-order valence-corrected chi connectivity index (χ4v) is 3.50. The Labute approximate surface area is 134 Å². The zero-order chi connectivity index (χ0) is 16.1. The number of aryl methyl sites for hydroxylation is 2. The highest BCUT2D eigenvalue weighted by Gasteiger charge is 2.16. The highest BCUT2D eigenvalue weighted by molar-refractivity contribution is 7.16. The molecule has 0 aliphatic heterocycles. The van der Waals surface area contributed by atoms with Crippen molar-refractivity contribution in [1.29, 1.82) is 0 Å². The van der Waals surface area contributed by atoms with Gasteiger partial charge in [-0.1, -0.05) is 29.5 Å². The summed E-state index contributed by atoms with van der Waals surface area (Å²) in [5.41, 5.74) is 2.25. The Morgan fingerprint density at radius 2 is 2.04 bits per heavy atom. The van der Waals surface area contributed by atoms with Gasteiger partial charge in [-0.3, -0.25) is 4.79 Å². The molecule has 0 aliphatic rings. The van der Waals surface area contributed by atoms with E-state index >= 15 is 0 Å². The zero-order valence-electron chi connectivity index (χ0n) is 12.6. The summed E-state index contributed by atoms with van der Waals surface area (Å²) < 4.78 is 17.1. The van der Waals surface area contributed by atoms with Crippen molar-refractivity contribution < 1.29 is 4.39 Å². The maximum atomic E-state index is 13.9. The van der Waals surface area contributed by atoms with Crippen LogP contribution in [0.3, 0.4) is 0 Å². The Morgan fingerprint density at radius 1 is 1.26 bits per heavy atom. The molecule has 0 amide bonds. The van der Waals surface area contributed by atoms with E-state index in [1.54, 1.807) is 22.8 Å². The Bertz CT molecular complexity index is 1110. The summed E-state index contributed by atoms with van der Waals surface area (Å²) in [5.74, 6) is -0.285. The summed E-state index contributed by atoms with van der Waals surface area (Å²) in [6.07, 6.45) is 0. The Hall–Kier alpha value is -2.54. The van der Waals surface area contributed by atoms with Crippen LogP contribution in [-0.2, 0) is 6.54 Å². The van der Waals surface area contributed by atoms with Crippen LogP contribution in [0.5, 0.6) is 0 Å². The van der Waals surface area contributed by atoms with Crippen molar-refractivity contribution in [2.75, 3.05) is 0 Å². The van der Waals surface area contributed by atoms with E-state index in [9.17, 15) is 9.18 Å². The van der Waals surface area contributed by atoms with Gasteiger partial charge in [-0.2, -0.15) is 9.61 Å². The van der Waals surface area contributed by atoms with Gasteiger partial charge in [0.25, 0.3) is 5.56 Å². The molecule has 0 unspecified atom stereocenters. The van der Waals surface area contributed by atoms with Crippen LogP contribution in [-0.4, -0.2) is 19.2 Å². The molecular formula is C16H13FN4OS. The van der Waals surface area contributed by atoms with E-state index in [2.05, 4.69) is 10.1 Å². The molecule has 3 heterocycles. The van der Waals surface area contributed by atoms with Crippen molar-refractivity contribution in [3.63, 3.8) is 0 Å². The van der Waals surface area contributed by atoms with E-state index in [1.807, 2.05) is 19.9 Å². The molecule has 3 aromatic heterocycles. The fraction of sp³-hybridized carbons (Fsp3) is 0.188. The van der Waals surface area contributed by atoms with Crippen LogP contribution >= 0.6 is 11.3 Å². The number of nitrogens with zero attached hydrogens (tertiary/aromatic N) is 4. The first-order valence-electron chi connectivity index (χ1n) is 7.14. The predicted octanol–water partition coefficient (Wildman–Crippen LogP) is 2.91. The molecule has 0 N–H and O–H groups in total. The second kappa shape index (κ2) is 4.99. The molecule has 0 bridgehead atoms. The smallest absolute Gasteiger partial charge is 0.299 e. The first kappa shape index (κ1) is 14.1. The van der Waals surface area contributed by atoms with Gasteiger partial charge in [0, 0.05) is 11.3 Å². The van der Waals surface area contributed by atoms with Crippen molar-refractivity contribution >= 4 is 27.3 Å². The summed E-state index contributed by atoms with van der Waals surface area (Å²) in [6, 6.07) is 8.43. The SMILES string of the molecule is Cc1nn2c(=O)c3c(cc(C)n3Cc3ccccc3F)nc2s1. The quantitative estimate of drug-likeness (QED) is 0.568. The molecule has 0 radical (unpaired) electrons. The van der Waals surface area contributed by atoms with Gasteiger partial charge in [0.2, 0.25) is 4.96 Å². The average Bonchev–Trinajstić information content (AvgIpc) is 3.02. The van der Waals surface area contributed by atoms with E-state index in [0.717, 1.165) is 10.7 Å². The van der Waals surface area contributed by atoms with Crippen LogP contribution in [0.1, 0.15) is 16.3 Å². The molecule has 0 fully saturated rings. The number of hydrogen-bond donors (Lipinski definition) is 0. The minimum atomic E-state index is -0.285. The topological polar surface area (TPSA) is 52.2 Å². The van der Waals surface area contributed by atoms with Crippen molar-refractivity contribution in [2.45, 2.75) is 20.4 Å². The van der Waals surface area contributed by atoms with E-state index in [0.29, 0.717) is 21.6 Å². The molecular weight excluding hydrogens is 315 g/mol. The Balaban J connectivity index is 1.99. The minimum absolute atomic E-state index is 0.223. The highest BCUT2D eigenvalue weighted by Crippen LogP contribution is 2.20. The molecule has 116 valence electrons. The first-order valence-corrected chi connectivity index (χ1v) is 7.96. The van der Waals surface area contributed by atoms with Gasteiger partial charge in [-0.05, 0) is 26.0 Å². The van der Waals surface area contributed by atoms with Gasteiger partial charge < -0.3 is 4.57 Å². The largest absolute Gasteiger partial charge is 0.334 e. The van der Waals surface area contributed by atoms with Crippen LogP contribution in [0, 0.1) is 19.7 Å². The number of benzene rings is 1. The standard InChI is InChI=1S/C16H13FN4OS/c1-9-7-13-14(15(22)21-16(18-13)23-10(2)19-21)20(9)8-11-5-3-4-6-12(11)17/h3-7H,8H2,1-2H3. The molecule has 5 nitrogen and oxygen atoms in total. The van der Waals surface area contributed by atoms with Crippen molar-refractivity contribution in [3.05, 3.63) is 62.8 Å². The predicted molar refractivity (Wildman–Crippen MR) is 87.6 cm³/mol. The summed E-state index contributed by atoms with van der Waals surface area (Å²) >= 11 is 1.37. The van der Waals surface area contributed by atoms with Crippen molar-refractivity contribution in [3.8, 4) is 0 Å². The van der Waals surface area contributed by atoms with E-state index in [4.69, 9.17) is 0 Å². The monoisotopic (exact) mass is 328 g/mol. The molecule has 4 aromatic rings. The lowest BCUT2D eigenvalue weighted by Gasteiger charge is -2.08. The number of hydrogen-bond acceptors (Lipinski definition) is 4. The van der Waals surface area contributed by atoms with Crippen LogP contribution in [0.15, 0.2) is 35.1 Å². The number of rotatable bonds is 2. The third-order valence-corrected chi connectivity index (χ3v) is 4.67. The molecule has 4 rings (SSSR count). The lowest BCUT2D eigenvalue weighted by molar-refractivity contribution is 0.600. The van der Waals surface area contributed by atoms with Crippen LogP contribution in [0.4, 0.5) is 4.39 Å². The first-order chi connectivity index (χ1) is 11.0. The fourth-order valence-electron chi connectivity index (χ4n) is 2.75. The molecule has 0 spiro atoms. The summed E-state index contributed by atoms with van der Waals surface area (Å²) in [4.78, 5) is 17.8. The summed E-state index contributed by atoms with van der Waals surface area (Å²) in [7, 11) is 0. The van der Waals surface area contributed by atoms with Crippen LogP contribution in [0.2, 0.25) is 0 Å². The van der Waals surface area contributed by atoms with Gasteiger partial charge in [0.05, 0.1) is 12.1 Å². The second-order valence-corrected chi connectivity index (χ2v) is 6.59. The molecule has 0 aliphatic carbocycles. The minimum Gasteiger partial charge on any atom is -0.334 e. The Morgan fingerprint density at radius 3 is 2.83 bits per heavy atom. The van der Waals surface area contributed by atoms with Crippen LogP contribution in [0.25, 0.3) is 16.0 Å². The average molecular weight is 328 g/mol. The summed E-state index contributed by atoms with van der Waals surface area (Å²) in [5, 5.41) is 4.99. The molecule has 0 saturated heterocycles. The molecule has 0 atom stereocenters. The van der Waals surface area contributed by atoms with Gasteiger partial charge >= 0.3 is 0 Å². The molecule has 7 heteroatoms. The second-order valence-electron chi connectivity index (χ2n) is 5.43. The van der Waals surface area contributed by atoms with Crippen molar-refractivity contribution in [1.82, 2.24) is 19.2 Å². The lowest BCUT2D eigenvalue weighted by Crippen LogP contribution is -2.19. The van der Waals surface area contributed by atoms with Crippen molar-refractivity contribution in [2.24, 2.45) is 0 Å². The van der Waals surface area contributed by atoms with E-state index in [-0.39, 0.29) is 17.9 Å². The molecule has 0 saturated carbocycles. The third kappa shape index (κ3) is 2.16. The van der Waals surface area contributed by atoms with Gasteiger partial charge in [0.15, 0.2) is 0 Å². The number of halogens is 1. The third-order valence-electron chi connectivity index (χ3n) is 3.84. The van der Waals surface area contributed by atoms with Gasteiger partial charge in [-0.25, -0.2) is 9.37 Å². The summed E-state index contributed by atoms with van der Waals surface area (Å²) in [6.45, 7) is 4.01. The van der Waals surface area contributed by atoms with Crippen LogP contribution < -0.4 is 5.56 Å². The van der Waals surface area contributed by atoms with Gasteiger partial charge in [-0.15, -0.1) is 0 Å². The van der Waals surface area contributed by atoms with E-state index in [1.165, 1.54) is 21.9 Å². The Kier molecular flexibility index (Phi) is 3.05. The number of fused-ring (bicyclic) bond motifs is 2. The van der Waals surface area contributed by atoms with Gasteiger partial charge in [0.1, 0.15) is 16.3 Å². The molecule has 1 aromatic carbocycles. The normalized spacial score (nSPS) is 11.6. The maximum Gasteiger partial charge on any atom is 0.299 e. The highest BCUT2D eigenvalue weighted by atomic mass is 32.1. The lowest BCUT2D eigenvalue weighted by atomic mass is 10.2. The zero-order valence-corrected chi connectivity index (χ0v) is 13.4. The maximum absolute atomic E-state index is 13.9. The van der Waals surface area contributed by atoms with E-state index < -0.39 is 0 Å². The number of aromatic nitrogens is 4. The molecule has 23 heavy (non-hydrogen) atoms.